The highest BCUT2D eigenvalue weighted by molar-refractivity contribution is 6.24. The zero-order valence-corrected chi connectivity index (χ0v) is 6.44. The van der Waals surface area contributed by atoms with Crippen LogP contribution in [0.1, 0.15) is 12.8 Å². The third kappa shape index (κ3) is 1.20. The van der Waals surface area contributed by atoms with E-state index in [-0.39, 0.29) is 0 Å². The number of hydrogen-bond acceptors (Lipinski definition) is 0. The quantitative estimate of drug-likeness (QED) is 0.421. The Morgan fingerprint density at radius 2 is 1.75 bits per heavy atom. The van der Waals surface area contributed by atoms with Gasteiger partial charge in [0.25, 0.3) is 11.2 Å². The molecule has 0 radical (unpaired) electrons. The van der Waals surface area contributed by atoms with Crippen molar-refractivity contribution in [3.05, 3.63) is 11.7 Å². The van der Waals surface area contributed by atoms with E-state index < -0.39 is 35.5 Å². The van der Waals surface area contributed by atoms with Crippen LogP contribution in [0.15, 0.2) is 11.7 Å². The maximum absolute atomic E-state index is 12.6. The maximum Gasteiger partial charge on any atom is 0.321 e. The molecule has 0 aromatic rings. The van der Waals surface area contributed by atoms with E-state index in [1.54, 1.807) is 0 Å². The first-order valence-electron chi connectivity index (χ1n) is 3.09. The summed E-state index contributed by atoms with van der Waals surface area (Å²) < 4.78 is 61.3. The molecule has 0 aromatic heterocycles. The molecule has 1 aliphatic carbocycles. The molecule has 6 heteroatoms. The van der Waals surface area contributed by atoms with Gasteiger partial charge in [-0.15, -0.1) is 0 Å². The largest absolute Gasteiger partial charge is 0.321 e. The van der Waals surface area contributed by atoms with Crippen molar-refractivity contribution >= 4 is 11.6 Å². The molecule has 0 spiro atoms. The average Bonchev–Trinajstić information content (AvgIpc) is 2.03. The smallest absolute Gasteiger partial charge is 0.219 e. The third-order valence-corrected chi connectivity index (χ3v) is 2.18. The Hall–Kier alpha value is -0.320. The van der Waals surface area contributed by atoms with Crippen LogP contribution in [0, 0.1) is 0 Å². The molecule has 1 unspecified atom stereocenters. The molecule has 0 aliphatic heterocycles. The molecule has 1 fully saturated rings. The Morgan fingerprint density at radius 3 is 1.92 bits per heavy atom. The van der Waals surface area contributed by atoms with Crippen molar-refractivity contribution in [2.75, 3.05) is 0 Å². The van der Waals surface area contributed by atoms with Crippen LogP contribution in [-0.4, -0.2) is 11.1 Å². The highest BCUT2D eigenvalue weighted by Gasteiger charge is 2.62. The highest BCUT2D eigenvalue weighted by atomic mass is 35.5. The van der Waals surface area contributed by atoms with Crippen LogP contribution >= 0.6 is 11.6 Å². The SMILES string of the molecule is FC(F)=C1CCC(F)(Cl)C1(F)F. The molecular formula is C6H4ClF5. The molecule has 0 heterocycles. The highest BCUT2D eigenvalue weighted by Crippen LogP contribution is 2.53. The molecule has 70 valence electrons. The van der Waals surface area contributed by atoms with E-state index >= 15 is 0 Å². The normalized spacial score (nSPS) is 34.0. The Labute approximate surface area is 70.0 Å². The first kappa shape index (κ1) is 9.77. The first-order chi connectivity index (χ1) is 5.29. The minimum absolute atomic E-state index is 0.699. The van der Waals surface area contributed by atoms with E-state index in [9.17, 15) is 22.0 Å². The van der Waals surface area contributed by atoms with Gasteiger partial charge in [0.15, 0.2) is 0 Å². The molecule has 0 amide bonds. The molecule has 1 aliphatic rings. The summed E-state index contributed by atoms with van der Waals surface area (Å²) in [7, 11) is 0. The third-order valence-electron chi connectivity index (χ3n) is 1.76. The second-order valence-corrected chi connectivity index (χ2v) is 3.12. The lowest BCUT2D eigenvalue weighted by Crippen LogP contribution is -2.34. The van der Waals surface area contributed by atoms with Crippen LogP contribution in [-0.2, 0) is 0 Å². The zero-order chi connectivity index (χ0) is 9.57. The lowest BCUT2D eigenvalue weighted by Gasteiger charge is -2.19. The summed E-state index contributed by atoms with van der Waals surface area (Å²) in [5, 5.41) is -3.36. The molecule has 0 nitrogen and oxygen atoms in total. The minimum Gasteiger partial charge on any atom is -0.219 e. The van der Waals surface area contributed by atoms with Crippen LogP contribution in [0.3, 0.4) is 0 Å². The topological polar surface area (TPSA) is 0 Å². The fraction of sp³-hybridized carbons (Fsp3) is 0.667. The van der Waals surface area contributed by atoms with Crippen LogP contribution in [0.4, 0.5) is 22.0 Å². The van der Waals surface area contributed by atoms with Gasteiger partial charge in [-0.05, 0) is 6.42 Å². The van der Waals surface area contributed by atoms with Crippen molar-refractivity contribution in [3.8, 4) is 0 Å². The number of allylic oxidation sites excluding steroid dienone is 1. The van der Waals surface area contributed by atoms with Crippen molar-refractivity contribution in [2.45, 2.75) is 23.9 Å². The van der Waals surface area contributed by atoms with E-state index in [0.717, 1.165) is 0 Å². The lowest BCUT2D eigenvalue weighted by molar-refractivity contribution is -0.0454. The molecule has 0 saturated heterocycles. The lowest BCUT2D eigenvalue weighted by atomic mass is 10.2. The Bertz CT molecular complexity index is 228. The van der Waals surface area contributed by atoms with Gasteiger partial charge in [0, 0.05) is 6.42 Å². The fourth-order valence-electron chi connectivity index (χ4n) is 1.03. The molecule has 1 saturated carbocycles. The van der Waals surface area contributed by atoms with Crippen molar-refractivity contribution in [1.29, 1.82) is 0 Å². The van der Waals surface area contributed by atoms with Crippen LogP contribution in [0.5, 0.6) is 0 Å². The molecule has 1 rings (SSSR count). The predicted octanol–water partition coefficient (Wildman–Crippen LogP) is 3.47. The minimum atomic E-state index is -4.24. The molecule has 0 N–H and O–H groups in total. The summed E-state index contributed by atoms with van der Waals surface area (Å²) in [5.41, 5.74) is -1.49. The van der Waals surface area contributed by atoms with E-state index in [1.165, 1.54) is 0 Å². The van der Waals surface area contributed by atoms with Gasteiger partial charge in [-0.25, -0.2) is 4.39 Å². The second-order valence-electron chi connectivity index (χ2n) is 2.52. The van der Waals surface area contributed by atoms with Gasteiger partial charge < -0.3 is 0 Å². The average molecular weight is 207 g/mol. The van der Waals surface area contributed by atoms with E-state index in [0.29, 0.717) is 0 Å². The van der Waals surface area contributed by atoms with Gasteiger partial charge in [-0.3, -0.25) is 0 Å². The molecular weight excluding hydrogens is 203 g/mol. The Kier molecular flexibility index (Phi) is 2.10. The number of rotatable bonds is 0. The Balaban J connectivity index is 3.10. The molecule has 12 heavy (non-hydrogen) atoms. The number of halogens is 6. The fourth-order valence-corrected chi connectivity index (χ4v) is 1.24. The van der Waals surface area contributed by atoms with Crippen molar-refractivity contribution in [1.82, 2.24) is 0 Å². The summed E-state index contributed by atoms with van der Waals surface area (Å²) in [4.78, 5) is 0. The Morgan fingerprint density at radius 1 is 1.25 bits per heavy atom. The second kappa shape index (κ2) is 2.58. The van der Waals surface area contributed by atoms with Crippen LogP contribution in [0.2, 0.25) is 0 Å². The van der Waals surface area contributed by atoms with Gasteiger partial charge in [0.05, 0.1) is 5.57 Å². The van der Waals surface area contributed by atoms with Gasteiger partial charge in [-0.2, -0.15) is 17.6 Å². The van der Waals surface area contributed by atoms with Crippen LogP contribution in [0.25, 0.3) is 0 Å². The van der Waals surface area contributed by atoms with Gasteiger partial charge in [-0.1, -0.05) is 11.6 Å². The monoisotopic (exact) mass is 206 g/mol. The van der Waals surface area contributed by atoms with E-state index in [1.807, 2.05) is 0 Å². The van der Waals surface area contributed by atoms with Crippen molar-refractivity contribution < 1.29 is 22.0 Å². The summed E-state index contributed by atoms with van der Waals surface area (Å²) in [6, 6.07) is 0. The van der Waals surface area contributed by atoms with Gasteiger partial charge >= 0.3 is 5.92 Å². The summed E-state index contributed by atoms with van der Waals surface area (Å²) in [6.07, 6.45) is -4.02. The first-order valence-corrected chi connectivity index (χ1v) is 3.47. The summed E-state index contributed by atoms with van der Waals surface area (Å²) in [5.74, 6) is -4.24. The van der Waals surface area contributed by atoms with E-state index in [2.05, 4.69) is 0 Å². The van der Waals surface area contributed by atoms with Crippen LogP contribution < -0.4 is 0 Å². The molecule has 1 atom stereocenters. The standard InChI is InChI=1S/C6H4ClF5/c7-5(10)2-1-3(4(8)9)6(5,11)12/h1-2H2. The van der Waals surface area contributed by atoms with Gasteiger partial charge in [0.2, 0.25) is 0 Å². The number of hydrogen-bond donors (Lipinski definition) is 0. The van der Waals surface area contributed by atoms with Crippen molar-refractivity contribution in [3.63, 3.8) is 0 Å². The summed E-state index contributed by atoms with van der Waals surface area (Å²) >= 11 is 4.71. The number of alkyl halides is 4. The van der Waals surface area contributed by atoms with E-state index in [4.69, 9.17) is 11.6 Å². The zero-order valence-electron chi connectivity index (χ0n) is 5.68. The molecule has 0 bridgehead atoms. The maximum atomic E-state index is 12.6. The molecule has 0 aromatic carbocycles. The van der Waals surface area contributed by atoms with Gasteiger partial charge in [0.1, 0.15) is 0 Å². The van der Waals surface area contributed by atoms with Crippen molar-refractivity contribution in [2.24, 2.45) is 0 Å². The summed E-state index contributed by atoms with van der Waals surface area (Å²) in [6.45, 7) is 0. The predicted molar refractivity (Wildman–Crippen MR) is 33.1 cm³/mol.